The molecule has 2 aromatic carbocycles. The van der Waals surface area contributed by atoms with Gasteiger partial charge >= 0.3 is 6.09 Å². The van der Waals surface area contributed by atoms with E-state index in [2.05, 4.69) is 27.1 Å². The second-order valence-corrected chi connectivity index (χ2v) is 9.08. The van der Waals surface area contributed by atoms with Crippen LogP contribution in [0.2, 0.25) is 0 Å². The van der Waals surface area contributed by atoms with Crippen molar-refractivity contribution in [3.05, 3.63) is 60.3 Å². The standard InChI is InChI=1S/C27H29N5O4/c1-19-16-20(6-7-26(19)36-22-9-12-30(13-10-22)27(33)34)32(31-14-15-35-18-21(31)17-28)25-8-11-29-24-5-3-2-4-23(24)25/h2-8,11,16,21-22H,9-10,12-15,18H2,1H3,(H,33,34). The number of likely N-dealkylation sites (tertiary alicyclic amines) is 1. The predicted octanol–water partition coefficient (Wildman–Crippen LogP) is 4.34. The van der Waals surface area contributed by atoms with Gasteiger partial charge in [-0.1, -0.05) is 18.2 Å². The van der Waals surface area contributed by atoms with E-state index in [1.807, 2.05) is 49.4 Å². The fraction of sp³-hybridized carbons (Fsp3) is 0.370. The number of amides is 1. The molecule has 2 aliphatic rings. The molecule has 0 radical (unpaired) electrons. The number of fused-ring (bicyclic) bond motifs is 1. The van der Waals surface area contributed by atoms with Crippen molar-refractivity contribution in [3.63, 3.8) is 0 Å². The van der Waals surface area contributed by atoms with Crippen LogP contribution in [0.5, 0.6) is 5.75 Å². The maximum atomic E-state index is 11.2. The van der Waals surface area contributed by atoms with E-state index in [1.54, 1.807) is 6.20 Å². The molecule has 0 saturated carbocycles. The molecule has 1 unspecified atom stereocenters. The zero-order valence-electron chi connectivity index (χ0n) is 20.2. The molecular weight excluding hydrogens is 458 g/mol. The molecule has 3 aromatic rings. The number of ether oxygens (including phenoxy) is 2. The van der Waals surface area contributed by atoms with Crippen LogP contribution in [0.3, 0.4) is 0 Å². The molecule has 2 fully saturated rings. The van der Waals surface area contributed by atoms with Crippen LogP contribution in [-0.4, -0.2) is 71.1 Å². The average molecular weight is 488 g/mol. The quantitative estimate of drug-likeness (QED) is 0.567. The first-order valence-electron chi connectivity index (χ1n) is 12.2. The summed E-state index contributed by atoms with van der Waals surface area (Å²) in [6.45, 7) is 4.42. The van der Waals surface area contributed by atoms with Gasteiger partial charge in [0.25, 0.3) is 0 Å². The number of pyridine rings is 1. The molecule has 186 valence electrons. The summed E-state index contributed by atoms with van der Waals surface area (Å²) in [6.07, 6.45) is 2.23. The lowest BCUT2D eigenvalue weighted by Gasteiger charge is -2.42. The molecule has 0 bridgehead atoms. The highest BCUT2D eigenvalue weighted by atomic mass is 16.5. The van der Waals surface area contributed by atoms with E-state index in [1.165, 1.54) is 4.90 Å². The number of hydrogen-bond donors (Lipinski definition) is 1. The number of morpholine rings is 1. The number of benzene rings is 2. The third-order valence-electron chi connectivity index (χ3n) is 6.77. The van der Waals surface area contributed by atoms with Crippen LogP contribution in [-0.2, 0) is 4.74 Å². The SMILES string of the molecule is Cc1cc(N(c2ccnc3ccccc23)N2CCOCC2C#N)ccc1OC1CCN(C(=O)O)CC1. The van der Waals surface area contributed by atoms with Crippen LogP contribution in [0.1, 0.15) is 18.4 Å². The summed E-state index contributed by atoms with van der Waals surface area (Å²) in [7, 11) is 0. The number of hydrogen-bond acceptors (Lipinski definition) is 7. The number of carbonyl (C=O) groups is 1. The number of para-hydroxylation sites is 1. The maximum absolute atomic E-state index is 11.2. The molecule has 1 N–H and O–H groups in total. The summed E-state index contributed by atoms with van der Waals surface area (Å²) < 4.78 is 11.9. The third kappa shape index (κ3) is 4.78. The van der Waals surface area contributed by atoms with E-state index in [9.17, 15) is 15.2 Å². The molecule has 2 saturated heterocycles. The van der Waals surface area contributed by atoms with Gasteiger partial charge in [0.2, 0.25) is 0 Å². The van der Waals surface area contributed by atoms with E-state index in [0.717, 1.165) is 33.6 Å². The molecule has 1 aromatic heterocycles. The summed E-state index contributed by atoms with van der Waals surface area (Å²) in [5, 5.41) is 24.2. The Bertz CT molecular complexity index is 1280. The molecule has 1 atom stereocenters. The molecule has 0 aliphatic carbocycles. The van der Waals surface area contributed by atoms with E-state index in [0.29, 0.717) is 45.7 Å². The molecule has 9 nitrogen and oxygen atoms in total. The van der Waals surface area contributed by atoms with Crippen molar-refractivity contribution in [2.24, 2.45) is 0 Å². The number of nitriles is 1. The van der Waals surface area contributed by atoms with Gasteiger partial charge in [-0.15, -0.1) is 0 Å². The fourth-order valence-corrected chi connectivity index (χ4v) is 4.87. The van der Waals surface area contributed by atoms with Gasteiger partial charge in [-0.3, -0.25) is 9.99 Å². The van der Waals surface area contributed by atoms with Crippen molar-refractivity contribution in [1.29, 1.82) is 5.26 Å². The lowest BCUT2D eigenvalue weighted by atomic mass is 10.1. The van der Waals surface area contributed by atoms with Gasteiger partial charge in [0, 0.05) is 44.1 Å². The Labute approximate surface area is 210 Å². The fourth-order valence-electron chi connectivity index (χ4n) is 4.87. The summed E-state index contributed by atoms with van der Waals surface area (Å²) >= 11 is 0. The van der Waals surface area contributed by atoms with Crippen molar-refractivity contribution in [2.45, 2.75) is 31.9 Å². The van der Waals surface area contributed by atoms with Crippen LogP contribution < -0.4 is 9.75 Å². The first kappa shape index (κ1) is 23.9. The van der Waals surface area contributed by atoms with Crippen molar-refractivity contribution in [2.75, 3.05) is 37.9 Å². The summed E-state index contributed by atoms with van der Waals surface area (Å²) in [5.74, 6) is 0.783. The lowest BCUT2D eigenvalue weighted by Crippen LogP contribution is -2.52. The molecule has 3 heterocycles. The average Bonchev–Trinajstić information content (AvgIpc) is 2.91. The Kier molecular flexibility index (Phi) is 6.89. The van der Waals surface area contributed by atoms with Gasteiger partial charge in [0.05, 0.1) is 36.2 Å². The van der Waals surface area contributed by atoms with Crippen LogP contribution >= 0.6 is 0 Å². The first-order valence-corrected chi connectivity index (χ1v) is 12.2. The van der Waals surface area contributed by atoms with Crippen LogP contribution in [0, 0.1) is 18.3 Å². The second-order valence-electron chi connectivity index (χ2n) is 9.08. The number of hydrazine groups is 1. The topological polar surface area (TPSA) is 102 Å². The highest BCUT2D eigenvalue weighted by Crippen LogP contribution is 2.36. The lowest BCUT2D eigenvalue weighted by molar-refractivity contribution is 0.0129. The molecule has 1 amide bonds. The van der Waals surface area contributed by atoms with Crippen LogP contribution in [0.15, 0.2) is 54.7 Å². The van der Waals surface area contributed by atoms with Gasteiger partial charge in [-0.05, 0) is 42.8 Å². The minimum atomic E-state index is -0.878. The molecular formula is C27H29N5O4. The highest BCUT2D eigenvalue weighted by molar-refractivity contribution is 5.93. The summed E-state index contributed by atoms with van der Waals surface area (Å²) in [5.41, 5.74) is 3.71. The molecule has 9 heteroatoms. The number of piperidine rings is 1. The molecule has 36 heavy (non-hydrogen) atoms. The van der Waals surface area contributed by atoms with E-state index < -0.39 is 12.1 Å². The molecule has 5 rings (SSSR count). The number of anilines is 2. The summed E-state index contributed by atoms with van der Waals surface area (Å²) in [4.78, 5) is 17.1. The Morgan fingerprint density at radius 3 is 2.75 bits per heavy atom. The maximum Gasteiger partial charge on any atom is 0.407 e. The Hall–Kier alpha value is -3.87. The number of nitrogens with zero attached hydrogens (tertiary/aromatic N) is 5. The van der Waals surface area contributed by atoms with Crippen molar-refractivity contribution >= 4 is 28.4 Å². The summed E-state index contributed by atoms with van der Waals surface area (Å²) in [6, 6.07) is 18.0. The largest absolute Gasteiger partial charge is 0.490 e. The van der Waals surface area contributed by atoms with Gasteiger partial charge in [0.1, 0.15) is 17.9 Å². The Balaban J connectivity index is 1.47. The highest BCUT2D eigenvalue weighted by Gasteiger charge is 2.31. The Morgan fingerprint density at radius 1 is 1.19 bits per heavy atom. The predicted molar refractivity (Wildman–Crippen MR) is 135 cm³/mol. The van der Waals surface area contributed by atoms with Gasteiger partial charge in [0.15, 0.2) is 0 Å². The van der Waals surface area contributed by atoms with E-state index in [-0.39, 0.29) is 6.10 Å². The molecule has 2 aliphatic heterocycles. The monoisotopic (exact) mass is 487 g/mol. The smallest absolute Gasteiger partial charge is 0.407 e. The number of aryl methyl sites for hydroxylation is 1. The minimum absolute atomic E-state index is 0.0207. The van der Waals surface area contributed by atoms with Crippen LogP contribution in [0.25, 0.3) is 10.9 Å². The van der Waals surface area contributed by atoms with Gasteiger partial charge in [-0.25, -0.2) is 4.79 Å². The van der Waals surface area contributed by atoms with E-state index >= 15 is 0 Å². The van der Waals surface area contributed by atoms with Gasteiger partial charge in [-0.2, -0.15) is 10.3 Å². The van der Waals surface area contributed by atoms with Gasteiger partial charge < -0.3 is 19.5 Å². The zero-order chi connectivity index (χ0) is 25.1. The zero-order valence-corrected chi connectivity index (χ0v) is 20.2. The normalized spacial score (nSPS) is 19.1. The third-order valence-corrected chi connectivity index (χ3v) is 6.77. The van der Waals surface area contributed by atoms with Crippen LogP contribution in [0.4, 0.5) is 16.2 Å². The van der Waals surface area contributed by atoms with Crippen molar-refractivity contribution in [1.82, 2.24) is 14.9 Å². The minimum Gasteiger partial charge on any atom is -0.490 e. The first-order chi connectivity index (χ1) is 17.5. The van der Waals surface area contributed by atoms with E-state index in [4.69, 9.17) is 9.47 Å². The number of rotatable bonds is 5. The van der Waals surface area contributed by atoms with Crippen molar-refractivity contribution in [3.8, 4) is 11.8 Å². The Morgan fingerprint density at radius 2 is 2.00 bits per heavy atom. The van der Waals surface area contributed by atoms with Crippen molar-refractivity contribution < 1.29 is 19.4 Å². The number of aromatic nitrogens is 1. The molecule has 0 spiro atoms. The second kappa shape index (κ2) is 10.4. The number of carboxylic acid groups (broad SMARTS) is 1.